The highest BCUT2D eigenvalue weighted by Crippen LogP contribution is 2.35. The van der Waals surface area contributed by atoms with E-state index in [1.165, 1.54) is 55.8 Å². The molecule has 1 aliphatic carbocycles. The number of guanidine groups is 1. The number of allylic oxidation sites excluding steroid dienone is 2. The molecule has 600 valence electrons. The quantitative estimate of drug-likeness (QED) is 0.0148. The maximum atomic E-state index is 15.0. The number of aromatic nitrogens is 5. The molecule has 0 aliphatic heterocycles. The number of ketones is 6. The van der Waals surface area contributed by atoms with Crippen molar-refractivity contribution >= 4 is 81.7 Å². The number of aromatic amines is 2. The number of ether oxygens (including phenoxy) is 1. The number of phenolic OH excluding ortho intramolecular Hbond substituents is 1. The Kier molecular flexibility index (Phi) is 33.5. The van der Waals surface area contributed by atoms with E-state index in [0.717, 1.165) is 32.0 Å². The maximum absolute atomic E-state index is 15.0. The first-order chi connectivity index (χ1) is 53.4. The molecule has 0 saturated heterocycles. The van der Waals surface area contributed by atoms with Crippen molar-refractivity contribution in [2.75, 3.05) is 26.3 Å². The van der Waals surface area contributed by atoms with E-state index in [1.54, 1.807) is 44.2 Å². The molecule has 9 atom stereocenters. The van der Waals surface area contributed by atoms with Crippen LogP contribution >= 0.6 is 0 Å². The lowest BCUT2D eigenvalue weighted by atomic mass is 9.82. The Balaban J connectivity index is 1.06. The summed E-state index contributed by atoms with van der Waals surface area (Å²) in [4.78, 5) is 200. The van der Waals surface area contributed by atoms with E-state index >= 15 is 0 Å². The van der Waals surface area contributed by atoms with E-state index in [1.807, 2.05) is 30.3 Å². The summed E-state index contributed by atoms with van der Waals surface area (Å²) in [6, 6.07) is 18.7. The zero-order valence-corrected chi connectivity index (χ0v) is 62.9. The van der Waals surface area contributed by atoms with Gasteiger partial charge in [0, 0.05) is 82.4 Å². The average Bonchev–Trinajstić information content (AvgIpc) is 1.63. The fourth-order valence-electron chi connectivity index (χ4n) is 13.1. The summed E-state index contributed by atoms with van der Waals surface area (Å²) in [6.07, 6.45) is 1.67. The number of carbonyl (C=O) groups excluding carboxylic acids is 11. The van der Waals surface area contributed by atoms with Crippen molar-refractivity contribution in [3.8, 4) is 22.9 Å². The van der Waals surface area contributed by atoms with Crippen LogP contribution in [-0.4, -0.2) is 172 Å². The first kappa shape index (κ1) is 87.4. The maximum Gasteiger partial charge on any atom is 0.356 e. The monoisotopic (exact) mass is 1550 g/mol. The number of imidazole rings is 1. The highest BCUT2D eigenvalue weighted by Gasteiger charge is 2.37. The number of hydrogen-bond acceptors (Lipinski definition) is 21. The first-order valence-electron chi connectivity index (χ1n) is 37.2. The number of nitrogens with two attached hydrogens (primary N) is 4. The summed E-state index contributed by atoms with van der Waals surface area (Å²) >= 11 is 0. The lowest BCUT2D eigenvalue weighted by Crippen LogP contribution is -2.49. The molecule has 19 N–H and O–H groups in total. The number of nitrogens with one attached hydrogen (secondary N) is 8. The van der Waals surface area contributed by atoms with E-state index in [-0.39, 0.29) is 111 Å². The van der Waals surface area contributed by atoms with Crippen LogP contribution in [0.5, 0.6) is 11.5 Å². The number of carboxylic acids is 1. The number of phenols is 1. The number of aliphatic hydroxyl groups excluding tert-OH is 1. The molecule has 1 aliphatic rings. The smallest absolute Gasteiger partial charge is 0.356 e. The summed E-state index contributed by atoms with van der Waals surface area (Å²) in [7, 11) is 0. The molecule has 2 aromatic heterocycles. The fourth-order valence-corrected chi connectivity index (χ4v) is 13.1. The van der Waals surface area contributed by atoms with Gasteiger partial charge in [-0.1, -0.05) is 87.0 Å². The van der Waals surface area contributed by atoms with Crippen molar-refractivity contribution in [1.82, 2.24) is 50.9 Å². The van der Waals surface area contributed by atoms with Gasteiger partial charge in [-0.25, -0.2) is 29.0 Å². The number of carbonyl (C=O) groups is 12. The Morgan fingerprint density at radius 2 is 1.29 bits per heavy atom. The van der Waals surface area contributed by atoms with Crippen LogP contribution in [0.4, 0.5) is 0 Å². The third-order valence-corrected chi connectivity index (χ3v) is 19.4. The molecule has 6 aromatic rings. The minimum absolute atomic E-state index is 0.0178. The van der Waals surface area contributed by atoms with Crippen LogP contribution in [0.3, 0.4) is 0 Å². The number of aromatic hydroxyl groups is 1. The third kappa shape index (κ3) is 26.5. The molecule has 0 saturated carbocycles. The van der Waals surface area contributed by atoms with E-state index < -0.39 is 187 Å². The predicted molar refractivity (Wildman–Crippen MR) is 411 cm³/mol. The molecule has 0 fully saturated rings. The van der Waals surface area contributed by atoms with Gasteiger partial charge in [0.15, 0.2) is 34.9 Å². The van der Waals surface area contributed by atoms with Gasteiger partial charge in [0.05, 0.1) is 60.3 Å². The van der Waals surface area contributed by atoms with Crippen LogP contribution in [0.25, 0.3) is 16.9 Å². The zero-order chi connectivity index (χ0) is 81.7. The van der Waals surface area contributed by atoms with Crippen molar-refractivity contribution in [2.24, 2.45) is 52.5 Å². The van der Waals surface area contributed by atoms with Gasteiger partial charge < -0.3 is 74.6 Å². The number of primary amides is 1. The molecule has 33 nitrogen and oxygen atoms in total. The van der Waals surface area contributed by atoms with Gasteiger partial charge in [0.25, 0.3) is 0 Å². The minimum Gasteiger partial charge on any atom is -0.506 e. The summed E-state index contributed by atoms with van der Waals surface area (Å²) in [5.41, 5.74) is 25.1. The SMILES string of the molecule is CC(=O)COc1ccc(-n2c(=O)[nH]n(-c3cc(CC(NC(=O)CCC(=O)C(Cc4ccccc4)NC(=O)C(CC(=O)C(CCCNC(=N)N)NC(=O)C(CCCCN)CC(=O)C(CCC(N)=O)NC(=O)C(CO)CC(=O)C(CC(=O)C(N)C(C)C)CC4=CCc5ccccc54)Cc4c[nH]cn4)C(=O)O)ccc3O)c2=O)cc1. The number of H-pyrrole nitrogens is 2. The zero-order valence-electron chi connectivity index (χ0n) is 62.9. The Morgan fingerprint density at radius 3 is 1.93 bits per heavy atom. The lowest BCUT2D eigenvalue weighted by molar-refractivity contribution is -0.142. The predicted octanol–water partition coefficient (Wildman–Crippen LogP) is 2.08. The van der Waals surface area contributed by atoms with Crippen LogP contribution in [0.1, 0.15) is 139 Å². The van der Waals surface area contributed by atoms with Crippen molar-refractivity contribution in [3.05, 3.63) is 165 Å². The number of benzene rings is 4. The number of aliphatic hydroxyl groups is 1. The van der Waals surface area contributed by atoms with Crippen LogP contribution in [0.15, 0.2) is 125 Å². The number of amides is 5. The van der Waals surface area contributed by atoms with Gasteiger partial charge in [-0.3, -0.25) is 58.1 Å². The topological polar surface area (TPSA) is 551 Å². The molecule has 7 rings (SSSR count). The van der Waals surface area contributed by atoms with Crippen LogP contribution < -0.4 is 65.6 Å². The van der Waals surface area contributed by atoms with E-state index in [0.29, 0.717) is 30.5 Å². The number of hydrogen-bond donors (Lipinski definition) is 15. The molecular weight excluding hydrogens is 1450 g/mol. The van der Waals surface area contributed by atoms with Crippen molar-refractivity contribution in [2.45, 2.75) is 167 Å². The molecule has 112 heavy (non-hydrogen) atoms. The van der Waals surface area contributed by atoms with E-state index in [4.69, 9.17) is 33.1 Å². The third-order valence-electron chi connectivity index (χ3n) is 19.4. The number of Topliss-reactive ketones (excluding diaryl/α,β-unsaturated/α-hetero) is 6. The molecule has 4 aromatic carbocycles. The normalized spacial score (nSPS) is 14.1. The number of carboxylic acid groups (broad SMARTS) is 1. The van der Waals surface area contributed by atoms with Gasteiger partial charge in [-0.2, -0.15) is 4.68 Å². The second-order valence-electron chi connectivity index (χ2n) is 28.4. The standard InChI is InChI=1S/C79H101N15O18/c1-45(2)72(82)69(102)38-52(35-50-20-19-49-14-7-8-16-58(49)50)66(99)40-54(42-95)75(107)90-60(25-28-70(81)103)67(100)37-51(15-9-10-30-80)73(105)89-59(17-11-31-86-77(83)84)68(101)39-53(36-55-41-85-44-87-55)74(106)91-61(32-47-12-5-4-6-13-47)64(97)27-29-71(104)88-62(76(108)109)33-48-18-26-65(98)63(34-48)94-79(111)93(78(110)92-94)56-21-23-57(24-22-56)112-43-46(3)96/h4-8,12-14,16,18,20-24,26,34,41,44-45,51-54,59-62,72,95,98H,9-11,15,17,19,25,27-33,35-40,42-43,80,82H2,1-3H3,(H2,81,103)(H,85,87)(H,88,104)(H,89,105)(H,90,107)(H,91,106)(H,92,110)(H,108,109)(H4,83,84,86). The van der Waals surface area contributed by atoms with Crippen molar-refractivity contribution in [3.63, 3.8) is 0 Å². The highest BCUT2D eigenvalue weighted by atomic mass is 16.5. The number of fused-ring (bicyclic) bond motifs is 1. The molecule has 0 radical (unpaired) electrons. The molecule has 33 heteroatoms. The van der Waals surface area contributed by atoms with Crippen LogP contribution in [0.2, 0.25) is 0 Å². The summed E-state index contributed by atoms with van der Waals surface area (Å²) in [5.74, 6) is -14.7. The Labute approximate surface area is 645 Å². The summed E-state index contributed by atoms with van der Waals surface area (Å²) in [6.45, 7) is 4.06. The van der Waals surface area contributed by atoms with Crippen LogP contribution in [0, 0.1) is 35.0 Å². The highest BCUT2D eigenvalue weighted by molar-refractivity contribution is 5.99. The van der Waals surface area contributed by atoms with Crippen molar-refractivity contribution in [1.29, 1.82) is 5.41 Å². The molecule has 9 unspecified atom stereocenters. The first-order valence-corrected chi connectivity index (χ1v) is 37.2. The molecule has 2 heterocycles. The Bertz CT molecular complexity index is 4470. The van der Waals surface area contributed by atoms with Gasteiger partial charge in [-0.15, -0.1) is 0 Å². The van der Waals surface area contributed by atoms with E-state index in [2.05, 4.69) is 41.7 Å². The van der Waals surface area contributed by atoms with Crippen molar-refractivity contribution < 1.29 is 77.6 Å². The van der Waals surface area contributed by atoms with Crippen LogP contribution in [-0.2, 0) is 83.2 Å². The van der Waals surface area contributed by atoms with E-state index in [9.17, 15) is 82.4 Å². The lowest BCUT2D eigenvalue weighted by Gasteiger charge is -2.26. The molecule has 0 spiro atoms. The number of aliphatic carboxylic acids is 1. The average molecular weight is 1550 g/mol. The Hall–Kier alpha value is -11.8. The van der Waals surface area contributed by atoms with Gasteiger partial charge in [-0.05, 0) is 135 Å². The minimum atomic E-state index is -1.65. The van der Waals surface area contributed by atoms with Gasteiger partial charge >= 0.3 is 17.3 Å². The number of unbranched alkanes of at least 4 members (excludes halogenated alkanes) is 1. The molecule has 5 amide bonds. The molecule has 0 bridgehead atoms. The Morgan fingerprint density at radius 1 is 0.652 bits per heavy atom. The molecular formula is C79H101N15O18. The largest absolute Gasteiger partial charge is 0.506 e. The second-order valence-corrected chi connectivity index (χ2v) is 28.4. The fraction of sp³-hybridized carbons (Fsp3) is 0.443. The number of rotatable bonds is 50. The number of nitrogens with zero attached hydrogens (tertiary/aromatic N) is 3. The summed E-state index contributed by atoms with van der Waals surface area (Å²) in [5, 5.41) is 55.3. The second kappa shape index (κ2) is 42.9. The van der Waals surface area contributed by atoms with Gasteiger partial charge in [0.2, 0.25) is 29.5 Å². The summed E-state index contributed by atoms with van der Waals surface area (Å²) < 4.78 is 6.87. The van der Waals surface area contributed by atoms with Gasteiger partial charge in [0.1, 0.15) is 35.6 Å².